The number of carboxylic acids is 1. The van der Waals surface area contributed by atoms with E-state index in [-0.39, 0.29) is 21.2 Å². The molecule has 0 aromatic heterocycles. The van der Waals surface area contributed by atoms with Crippen LogP contribution in [0.2, 0.25) is 5.02 Å². The van der Waals surface area contributed by atoms with Gasteiger partial charge in [-0.1, -0.05) is 35.4 Å². The van der Waals surface area contributed by atoms with Crippen LogP contribution in [0.4, 0.5) is 5.69 Å². The van der Waals surface area contributed by atoms with Crippen LogP contribution < -0.4 is 4.31 Å². The molecular weight excluding hydrogens is 378 g/mol. The minimum absolute atomic E-state index is 0.0219. The van der Waals surface area contributed by atoms with Crippen LogP contribution in [0.1, 0.15) is 22.8 Å². The van der Waals surface area contributed by atoms with E-state index >= 15 is 0 Å². The zero-order valence-electron chi connectivity index (χ0n) is 14.0. The number of anilines is 1. The molecule has 1 N–H and O–H groups in total. The van der Waals surface area contributed by atoms with Gasteiger partial charge in [-0.25, -0.2) is 8.42 Å². The number of benzene rings is 2. The lowest BCUT2D eigenvalue weighted by molar-refractivity contribution is -0.141. The third-order valence-electron chi connectivity index (χ3n) is 4.44. The molecule has 0 fully saturated rings. The summed E-state index contributed by atoms with van der Waals surface area (Å²) in [5.74, 6) is -3.13. The number of ketones is 1. The SMILES string of the molecule is Cc1ccc(S(=O)(=O)N2c3cccc(Cl)c3C(=O)C2C(C)C(=O)O)cc1. The number of fused-ring (bicyclic) bond motifs is 1. The Labute approximate surface area is 156 Å². The summed E-state index contributed by atoms with van der Waals surface area (Å²) in [6.45, 7) is 3.13. The standard InChI is InChI=1S/C18H16ClNO5S/c1-10-6-8-12(9-7-10)26(24,25)20-14-5-3-4-13(19)15(14)17(21)16(20)11(2)18(22)23/h3-9,11,16H,1-2H3,(H,22,23). The zero-order valence-corrected chi connectivity index (χ0v) is 15.6. The maximum absolute atomic E-state index is 13.2. The Morgan fingerprint density at radius 2 is 1.81 bits per heavy atom. The molecule has 0 bridgehead atoms. The Kier molecular flexibility index (Phi) is 4.54. The molecule has 2 aromatic carbocycles. The van der Waals surface area contributed by atoms with E-state index in [4.69, 9.17) is 11.6 Å². The van der Waals surface area contributed by atoms with Gasteiger partial charge in [0.15, 0.2) is 5.78 Å². The lowest BCUT2D eigenvalue weighted by Gasteiger charge is -2.28. The maximum atomic E-state index is 13.2. The molecule has 0 amide bonds. The zero-order chi connectivity index (χ0) is 19.2. The number of Topliss-reactive ketones (excluding diaryl/α,β-unsaturated/α-hetero) is 1. The third-order valence-corrected chi connectivity index (χ3v) is 6.56. The van der Waals surface area contributed by atoms with Crippen molar-refractivity contribution in [3.63, 3.8) is 0 Å². The Bertz CT molecular complexity index is 1000. The summed E-state index contributed by atoms with van der Waals surface area (Å²) < 4.78 is 27.4. The van der Waals surface area contributed by atoms with E-state index in [1.807, 2.05) is 6.92 Å². The Morgan fingerprint density at radius 1 is 1.19 bits per heavy atom. The highest BCUT2D eigenvalue weighted by Gasteiger charge is 2.49. The van der Waals surface area contributed by atoms with Gasteiger partial charge in [0.2, 0.25) is 0 Å². The fourth-order valence-electron chi connectivity index (χ4n) is 3.01. The van der Waals surface area contributed by atoms with Crippen LogP contribution in [0.25, 0.3) is 0 Å². The fourth-order valence-corrected chi connectivity index (χ4v) is 4.97. The predicted molar refractivity (Wildman–Crippen MR) is 97.2 cm³/mol. The summed E-state index contributed by atoms with van der Waals surface area (Å²) in [6.07, 6.45) is 0. The number of halogens is 1. The molecule has 0 saturated carbocycles. The van der Waals surface area contributed by atoms with Gasteiger partial charge in [0.25, 0.3) is 10.0 Å². The smallest absolute Gasteiger partial charge is 0.308 e. The summed E-state index contributed by atoms with van der Waals surface area (Å²) in [4.78, 5) is 24.3. The number of carbonyl (C=O) groups excluding carboxylic acids is 1. The van der Waals surface area contributed by atoms with Gasteiger partial charge in [-0.3, -0.25) is 13.9 Å². The number of nitrogens with zero attached hydrogens (tertiary/aromatic N) is 1. The highest BCUT2D eigenvalue weighted by atomic mass is 35.5. The molecule has 2 atom stereocenters. The molecule has 2 aromatic rings. The minimum atomic E-state index is -4.16. The molecule has 1 aliphatic rings. The summed E-state index contributed by atoms with van der Waals surface area (Å²) in [6, 6.07) is 9.20. The number of sulfonamides is 1. The van der Waals surface area contributed by atoms with E-state index in [9.17, 15) is 23.1 Å². The molecule has 0 aliphatic carbocycles. The second kappa shape index (κ2) is 6.41. The van der Waals surface area contributed by atoms with E-state index in [1.54, 1.807) is 12.1 Å². The average Bonchev–Trinajstić information content (AvgIpc) is 2.89. The van der Waals surface area contributed by atoms with Gasteiger partial charge < -0.3 is 5.11 Å². The predicted octanol–water partition coefficient (Wildman–Crippen LogP) is 3.13. The van der Waals surface area contributed by atoms with Gasteiger partial charge >= 0.3 is 5.97 Å². The van der Waals surface area contributed by atoms with Crippen molar-refractivity contribution < 1.29 is 23.1 Å². The maximum Gasteiger partial charge on any atom is 0.308 e. The van der Waals surface area contributed by atoms with E-state index in [0.29, 0.717) is 0 Å². The van der Waals surface area contributed by atoms with Crippen LogP contribution in [0.15, 0.2) is 47.4 Å². The number of carboxylic acid groups (broad SMARTS) is 1. The first-order valence-electron chi connectivity index (χ1n) is 7.83. The second-order valence-corrected chi connectivity index (χ2v) is 8.41. The number of hydrogen-bond acceptors (Lipinski definition) is 4. The summed E-state index contributed by atoms with van der Waals surface area (Å²) in [7, 11) is -4.16. The van der Waals surface area contributed by atoms with Crippen molar-refractivity contribution in [1.82, 2.24) is 0 Å². The van der Waals surface area contributed by atoms with Gasteiger partial charge in [0.05, 0.1) is 27.1 Å². The first-order valence-corrected chi connectivity index (χ1v) is 9.64. The van der Waals surface area contributed by atoms with E-state index in [1.165, 1.54) is 37.3 Å². The highest BCUT2D eigenvalue weighted by molar-refractivity contribution is 7.93. The van der Waals surface area contributed by atoms with Crippen molar-refractivity contribution in [3.8, 4) is 0 Å². The number of aliphatic carboxylic acids is 1. The van der Waals surface area contributed by atoms with Crippen molar-refractivity contribution in [2.75, 3.05) is 4.31 Å². The summed E-state index contributed by atoms with van der Waals surface area (Å²) in [5.41, 5.74) is 1.00. The molecule has 3 rings (SSSR count). The molecule has 6 nitrogen and oxygen atoms in total. The first kappa shape index (κ1) is 18.4. The minimum Gasteiger partial charge on any atom is -0.481 e. The first-order chi connectivity index (χ1) is 12.2. The number of aryl methyl sites for hydroxylation is 1. The van der Waals surface area contributed by atoms with Crippen LogP contribution >= 0.6 is 11.6 Å². The summed E-state index contributed by atoms with van der Waals surface area (Å²) >= 11 is 6.11. The van der Waals surface area contributed by atoms with Crippen LogP contribution in [0.5, 0.6) is 0 Å². The lowest BCUT2D eigenvalue weighted by Crippen LogP contribution is -2.46. The number of hydrogen-bond donors (Lipinski definition) is 1. The average molecular weight is 394 g/mol. The molecule has 26 heavy (non-hydrogen) atoms. The van der Waals surface area contributed by atoms with Gasteiger partial charge in [-0.05, 0) is 38.1 Å². The van der Waals surface area contributed by atoms with E-state index < -0.39 is 33.7 Å². The Hall–Kier alpha value is -2.38. The third kappa shape index (κ3) is 2.77. The second-order valence-electron chi connectivity index (χ2n) is 6.18. The van der Waals surface area contributed by atoms with Crippen LogP contribution in [0.3, 0.4) is 0 Å². The lowest BCUT2D eigenvalue weighted by atomic mass is 9.97. The van der Waals surface area contributed by atoms with Crippen LogP contribution in [0, 0.1) is 12.8 Å². The van der Waals surface area contributed by atoms with Gasteiger partial charge in [0, 0.05) is 0 Å². The fraction of sp³-hybridized carbons (Fsp3) is 0.222. The van der Waals surface area contributed by atoms with Crippen molar-refractivity contribution >= 4 is 39.1 Å². The molecule has 2 unspecified atom stereocenters. The number of carbonyl (C=O) groups is 2. The largest absolute Gasteiger partial charge is 0.481 e. The molecule has 8 heteroatoms. The van der Waals surface area contributed by atoms with Gasteiger partial charge in [-0.15, -0.1) is 0 Å². The van der Waals surface area contributed by atoms with Crippen molar-refractivity contribution in [3.05, 3.63) is 58.6 Å². The molecule has 0 radical (unpaired) electrons. The molecule has 1 heterocycles. The van der Waals surface area contributed by atoms with Gasteiger partial charge in [-0.2, -0.15) is 0 Å². The summed E-state index contributed by atoms with van der Waals surface area (Å²) in [5, 5.41) is 9.49. The monoisotopic (exact) mass is 393 g/mol. The van der Waals surface area contributed by atoms with Crippen LogP contribution in [-0.4, -0.2) is 31.3 Å². The van der Waals surface area contributed by atoms with Crippen molar-refractivity contribution in [2.24, 2.45) is 5.92 Å². The molecule has 1 aliphatic heterocycles. The van der Waals surface area contributed by atoms with E-state index in [0.717, 1.165) is 9.87 Å². The van der Waals surface area contributed by atoms with Crippen LogP contribution in [-0.2, 0) is 14.8 Å². The Morgan fingerprint density at radius 3 is 2.38 bits per heavy atom. The number of rotatable bonds is 4. The van der Waals surface area contributed by atoms with Crippen molar-refractivity contribution in [1.29, 1.82) is 0 Å². The normalized spacial score (nSPS) is 17.9. The van der Waals surface area contributed by atoms with Gasteiger partial charge in [0.1, 0.15) is 6.04 Å². The molecule has 0 spiro atoms. The molecule has 136 valence electrons. The Balaban J connectivity index is 2.25. The topological polar surface area (TPSA) is 91.8 Å². The molecule has 0 saturated heterocycles. The van der Waals surface area contributed by atoms with E-state index in [2.05, 4.69) is 0 Å². The highest BCUT2D eigenvalue weighted by Crippen LogP contribution is 2.42. The molecular formula is C18H16ClNO5S. The van der Waals surface area contributed by atoms with Crippen molar-refractivity contribution in [2.45, 2.75) is 24.8 Å². The quantitative estimate of drug-likeness (QED) is 0.861.